The zero-order valence-corrected chi connectivity index (χ0v) is 32.9. The van der Waals surface area contributed by atoms with Crippen LogP contribution in [0.5, 0.6) is 0 Å². The lowest BCUT2D eigenvalue weighted by Crippen LogP contribution is -2.79. The predicted octanol–water partition coefficient (Wildman–Crippen LogP) is 1.49. The summed E-state index contributed by atoms with van der Waals surface area (Å²) in [5.41, 5.74) is -9.01. The minimum atomic E-state index is -2.86. The molecule has 1 aromatic carbocycles. The summed E-state index contributed by atoms with van der Waals surface area (Å²) in [5, 5.41) is 37.9. The van der Waals surface area contributed by atoms with Gasteiger partial charge >= 0.3 is 23.9 Å². The molecule has 3 N–H and O–H groups in total. The maximum absolute atomic E-state index is 14.5. The second-order valence-electron chi connectivity index (χ2n) is 17.3. The van der Waals surface area contributed by atoms with Gasteiger partial charge in [-0.1, -0.05) is 43.3 Å². The number of methoxy groups -OCH3 is 2. The van der Waals surface area contributed by atoms with Crippen LogP contribution >= 0.6 is 0 Å². The first-order chi connectivity index (χ1) is 27.5. The van der Waals surface area contributed by atoms with Crippen molar-refractivity contribution in [3.63, 3.8) is 0 Å². The van der Waals surface area contributed by atoms with Crippen LogP contribution in [0.1, 0.15) is 46.1 Å². The SMILES string of the molecule is CC=C(C)C(=O)OC1CC(OC(=O)C=Cc2ccccc2)C2(C(=O)OC)COC3C2C12COC(O)(C(=O)OC)C2C(C)(C12OC1(C)C1CC2OC2OC=CC21O)C3O. The molecule has 2 bridgehead atoms. The van der Waals surface area contributed by atoms with Crippen LogP contribution in [0.3, 0.4) is 0 Å². The van der Waals surface area contributed by atoms with Gasteiger partial charge in [0.05, 0.1) is 52.0 Å². The predicted molar refractivity (Wildman–Crippen MR) is 194 cm³/mol. The highest BCUT2D eigenvalue weighted by molar-refractivity contribution is 5.89. The van der Waals surface area contributed by atoms with E-state index in [0.717, 1.165) is 7.11 Å². The van der Waals surface area contributed by atoms with Crippen molar-refractivity contribution in [3.8, 4) is 0 Å². The molecule has 1 aromatic rings. The van der Waals surface area contributed by atoms with E-state index in [4.69, 9.17) is 42.6 Å². The van der Waals surface area contributed by atoms with E-state index in [2.05, 4.69) is 0 Å². The number of ether oxygens (including phenoxy) is 9. The number of benzene rings is 1. The summed E-state index contributed by atoms with van der Waals surface area (Å²) in [7, 11) is 2.24. The van der Waals surface area contributed by atoms with Crippen molar-refractivity contribution in [2.45, 2.75) is 99.9 Å². The molecule has 3 saturated carbocycles. The van der Waals surface area contributed by atoms with Gasteiger partial charge in [-0.25, -0.2) is 14.4 Å². The summed E-state index contributed by atoms with van der Waals surface area (Å²) < 4.78 is 54.9. The van der Waals surface area contributed by atoms with Crippen molar-refractivity contribution in [1.82, 2.24) is 0 Å². The standard InChI is InChI=1S/C42H48O16/c1-7-21(2)31(45)56-24-18-25(55-27(43)14-13-22-11-9-8-10-12-22)39(33(46)50-5)19-53-28-29(39)38(24)20-54-41(49,34(47)51-6)32(38)36(3,30(28)44)42-26-17-23(37(42,4)58-42)40(48)15-16-52-35(40)57-26/h7-16,23-26,28-30,32,35,44,48-49H,17-20H2,1-6H3. The van der Waals surface area contributed by atoms with Crippen molar-refractivity contribution >= 4 is 30.0 Å². The van der Waals surface area contributed by atoms with Gasteiger partial charge in [0.2, 0.25) is 6.29 Å². The molecule has 3 aliphatic carbocycles. The van der Waals surface area contributed by atoms with Gasteiger partial charge in [0, 0.05) is 46.7 Å². The molecule has 0 aromatic heterocycles. The van der Waals surface area contributed by atoms with Crippen molar-refractivity contribution in [1.29, 1.82) is 0 Å². The molecule has 16 nitrogen and oxygen atoms in total. The summed E-state index contributed by atoms with van der Waals surface area (Å²) in [6, 6.07) is 9.00. The molecule has 0 radical (unpaired) electrons. The van der Waals surface area contributed by atoms with Crippen molar-refractivity contribution in [3.05, 3.63) is 66.0 Å². The lowest BCUT2D eigenvalue weighted by molar-refractivity contribution is -0.314. The Hall–Kier alpha value is -4.16. The van der Waals surface area contributed by atoms with Crippen LogP contribution in [0.4, 0.5) is 0 Å². The van der Waals surface area contributed by atoms with E-state index < -0.39 is 130 Å². The average molecular weight is 809 g/mol. The number of aliphatic hydroxyl groups excluding tert-OH is 1. The van der Waals surface area contributed by atoms with E-state index in [-0.39, 0.29) is 18.4 Å². The summed E-state index contributed by atoms with van der Waals surface area (Å²) in [6.45, 7) is 5.66. The smallest absolute Gasteiger partial charge is 0.366 e. The first kappa shape index (κ1) is 39.3. The molecule has 16 heteroatoms. The monoisotopic (exact) mass is 808 g/mol. The van der Waals surface area contributed by atoms with E-state index in [1.807, 2.05) is 6.07 Å². The molecular formula is C42H48O16. The second kappa shape index (κ2) is 12.7. The van der Waals surface area contributed by atoms with E-state index in [9.17, 15) is 34.5 Å². The molecule has 7 fully saturated rings. The van der Waals surface area contributed by atoms with Gasteiger partial charge in [-0.05, 0) is 44.9 Å². The first-order valence-corrected chi connectivity index (χ1v) is 19.5. The topological polar surface area (TPSA) is 215 Å². The quantitative estimate of drug-likeness (QED) is 0.147. The molecule has 16 unspecified atom stereocenters. The van der Waals surface area contributed by atoms with Gasteiger partial charge < -0.3 is 58.0 Å². The van der Waals surface area contributed by atoms with Crippen molar-refractivity contribution in [2.24, 2.45) is 34.0 Å². The summed E-state index contributed by atoms with van der Waals surface area (Å²) in [6.07, 6.45) is -0.678. The summed E-state index contributed by atoms with van der Waals surface area (Å²) >= 11 is 0. The Balaban J connectivity index is 1.24. The van der Waals surface area contributed by atoms with Crippen LogP contribution < -0.4 is 0 Å². The largest absolute Gasteiger partial charge is 0.469 e. The molecule has 9 rings (SSSR count). The Morgan fingerprint density at radius 2 is 1.67 bits per heavy atom. The lowest BCUT2D eigenvalue weighted by atomic mass is 9.37. The Kier molecular flexibility index (Phi) is 8.59. The van der Waals surface area contributed by atoms with Crippen LogP contribution in [-0.2, 0) is 61.8 Å². The van der Waals surface area contributed by atoms with Crippen molar-refractivity contribution < 1.29 is 77.1 Å². The van der Waals surface area contributed by atoms with E-state index in [1.165, 1.54) is 25.5 Å². The lowest BCUT2D eigenvalue weighted by Gasteiger charge is -2.65. The third-order valence-electron chi connectivity index (χ3n) is 15.3. The zero-order chi connectivity index (χ0) is 41.4. The van der Waals surface area contributed by atoms with Gasteiger partial charge in [0.25, 0.3) is 5.79 Å². The third-order valence-corrected chi connectivity index (χ3v) is 15.3. The number of hydrogen-bond donors (Lipinski definition) is 3. The maximum atomic E-state index is 14.5. The molecule has 312 valence electrons. The summed E-state index contributed by atoms with van der Waals surface area (Å²) in [5.74, 6) is -10.0. The molecule has 16 atom stereocenters. The number of hydrogen-bond acceptors (Lipinski definition) is 16. The molecule has 5 aliphatic heterocycles. The van der Waals surface area contributed by atoms with Crippen LogP contribution in [0, 0.1) is 34.0 Å². The molecule has 58 heavy (non-hydrogen) atoms. The highest BCUT2D eigenvalue weighted by Crippen LogP contribution is 2.83. The molecule has 8 aliphatic rings. The Morgan fingerprint density at radius 3 is 2.36 bits per heavy atom. The number of carbonyl (C=O) groups is 4. The van der Waals surface area contributed by atoms with Crippen LogP contribution in [-0.4, -0.2) is 126 Å². The Morgan fingerprint density at radius 1 is 0.948 bits per heavy atom. The third kappa shape index (κ3) is 4.49. The highest BCUT2D eigenvalue weighted by Gasteiger charge is 2.97. The average Bonchev–Trinajstić information content (AvgIpc) is 3.59. The van der Waals surface area contributed by atoms with Crippen LogP contribution in [0.15, 0.2) is 60.4 Å². The van der Waals surface area contributed by atoms with Gasteiger partial charge in [-0.15, -0.1) is 0 Å². The maximum Gasteiger partial charge on any atom is 0.366 e. The Bertz CT molecular complexity index is 2030. The normalized spacial score (nSPS) is 48.9. The second-order valence-corrected chi connectivity index (χ2v) is 17.3. The number of rotatable bonds is 8. The number of carbonyl (C=O) groups excluding carboxylic acids is 4. The first-order valence-electron chi connectivity index (χ1n) is 19.5. The number of allylic oxidation sites excluding steroid dienone is 1. The van der Waals surface area contributed by atoms with Gasteiger partial charge in [-0.2, -0.15) is 0 Å². The van der Waals surface area contributed by atoms with Gasteiger partial charge in [0.15, 0.2) is 5.60 Å². The van der Waals surface area contributed by atoms with Gasteiger partial charge in [0.1, 0.15) is 28.8 Å². The summed E-state index contributed by atoms with van der Waals surface area (Å²) in [4.78, 5) is 56.3. The minimum absolute atomic E-state index is 0.222. The zero-order valence-electron chi connectivity index (χ0n) is 32.9. The number of epoxide rings is 1. The molecule has 0 amide bonds. The fraction of sp³-hybridized carbons (Fsp3) is 0.619. The van der Waals surface area contributed by atoms with Crippen LogP contribution in [0.25, 0.3) is 6.08 Å². The molecule has 5 heterocycles. The fourth-order valence-electron chi connectivity index (χ4n) is 12.9. The van der Waals surface area contributed by atoms with Crippen molar-refractivity contribution in [2.75, 3.05) is 27.4 Å². The fourth-order valence-corrected chi connectivity index (χ4v) is 12.9. The molecular weight excluding hydrogens is 760 g/mol. The van der Waals surface area contributed by atoms with Crippen LogP contribution in [0.2, 0.25) is 0 Å². The number of aliphatic hydroxyl groups is 3. The van der Waals surface area contributed by atoms with E-state index in [0.29, 0.717) is 5.56 Å². The minimum Gasteiger partial charge on any atom is -0.469 e. The molecule has 1 spiro atoms. The Labute approximate surface area is 334 Å². The van der Waals surface area contributed by atoms with Gasteiger partial charge in [-0.3, -0.25) is 4.79 Å². The highest BCUT2D eigenvalue weighted by atomic mass is 16.7. The van der Waals surface area contributed by atoms with E-state index in [1.54, 1.807) is 64.1 Å². The van der Waals surface area contributed by atoms with E-state index >= 15 is 0 Å². The number of esters is 4. The molecule has 4 saturated heterocycles. The number of fused-ring (bicyclic) bond motifs is 7.